The molecule has 0 unspecified atom stereocenters. The molecule has 0 atom stereocenters. The van der Waals surface area contributed by atoms with Gasteiger partial charge in [-0.2, -0.15) is 0 Å². The molecule has 0 spiro atoms. The van der Waals surface area contributed by atoms with Crippen molar-refractivity contribution in [3.8, 4) is 11.6 Å². The van der Waals surface area contributed by atoms with Gasteiger partial charge in [-0.05, 0) is 18.6 Å². The van der Waals surface area contributed by atoms with Gasteiger partial charge in [0.25, 0.3) is 0 Å². The SMILES string of the molecule is CCc1cc(Oc2cccc(F)c2C(=O)O)ncn1. The summed E-state index contributed by atoms with van der Waals surface area (Å²) in [5.41, 5.74) is 0.234. The first kappa shape index (κ1) is 12.9. The summed E-state index contributed by atoms with van der Waals surface area (Å²) < 4.78 is 18.8. The number of hydrogen-bond acceptors (Lipinski definition) is 4. The molecule has 0 bridgehead atoms. The van der Waals surface area contributed by atoms with Crippen LogP contribution < -0.4 is 4.74 Å². The number of carboxylic acid groups (broad SMARTS) is 1. The van der Waals surface area contributed by atoms with Crippen molar-refractivity contribution in [2.24, 2.45) is 0 Å². The molecule has 2 aromatic rings. The molecule has 1 aromatic carbocycles. The molecule has 1 heterocycles. The van der Waals surface area contributed by atoms with E-state index < -0.39 is 17.3 Å². The lowest BCUT2D eigenvalue weighted by atomic mass is 10.2. The van der Waals surface area contributed by atoms with Crippen molar-refractivity contribution in [1.29, 1.82) is 0 Å². The van der Waals surface area contributed by atoms with Gasteiger partial charge in [-0.25, -0.2) is 19.2 Å². The van der Waals surface area contributed by atoms with Gasteiger partial charge >= 0.3 is 5.97 Å². The van der Waals surface area contributed by atoms with E-state index in [-0.39, 0.29) is 11.6 Å². The maximum atomic E-state index is 13.5. The summed E-state index contributed by atoms with van der Waals surface area (Å²) in [6.07, 6.45) is 2.00. The fourth-order valence-electron chi connectivity index (χ4n) is 1.54. The van der Waals surface area contributed by atoms with Crippen LogP contribution in [0.1, 0.15) is 23.0 Å². The van der Waals surface area contributed by atoms with Gasteiger partial charge in [0.1, 0.15) is 23.5 Å². The van der Waals surface area contributed by atoms with Crippen LogP contribution in [-0.4, -0.2) is 21.0 Å². The molecular formula is C13H11FN2O3. The van der Waals surface area contributed by atoms with Gasteiger partial charge in [-0.15, -0.1) is 0 Å². The Bertz CT molecular complexity index is 617. The number of aryl methyl sites for hydroxylation is 1. The monoisotopic (exact) mass is 262 g/mol. The zero-order chi connectivity index (χ0) is 13.8. The molecule has 0 fully saturated rings. The van der Waals surface area contributed by atoms with Gasteiger partial charge in [-0.3, -0.25) is 0 Å². The Labute approximate surface area is 108 Å². The average Bonchev–Trinajstić information content (AvgIpc) is 2.38. The van der Waals surface area contributed by atoms with Gasteiger partial charge in [0.15, 0.2) is 0 Å². The number of nitrogens with zero attached hydrogens (tertiary/aromatic N) is 2. The molecule has 0 saturated carbocycles. The highest BCUT2D eigenvalue weighted by Gasteiger charge is 2.17. The predicted octanol–water partition coefficient (Wildman–Crippen LogP) is 2.67. The van der Waals surface area contributed by atoms with Gasteiger partial charge in [0, 0.05) is 11.8 Å². The average molecular weight is 262 g/mol. The number of ether oxygens (including phenoxy) is 1. The highest BCUT2D eigenvalue weighted by Crippen LogP contribution is 2.26. The Balaban J connectivity index is 2.38. The van der Waals surface area contributed by atoms with Crippen LogP contribution in [0.3, 0.4) is 0 Å². The second-order valence-electron chi connectivity index (χ2n) is 3.72. The number of carboxylic acids is 1. The highest BCUT2D eigenvalue weighted by atomic mass is 19.1. The summed E-state index contributed by atoms with van der Waals surface area (Å²) >= 11 is 0. The number of benzene rings is 1. The van der Waals surface area contributed by atoms with E-state index in [4.69, 9.17) is 9.84 Å². The number of halogens is 1. The minimum Gasteiger partial charge on any atom is -0.477 e. The van der Waals surface area contributed by atoms with Gasteiger partial charge < -0.3 is 9.84 Å². The van der Waals surface area contributed by atoms with E-state index >= 15 is 0 Å². The number of carbonyl (C=O) groups is 1. The predicted molar refractivity (Wildman–Crippen MR) is 64.8 cm³/mol. The Morgan fingerprint density at radius 2 is 2.21 bits per heavy atom. The van der Waals surface area contributed by atoms with Crippen LogP contribution in [0, 0.1) is 5.82 Å². The Hall–Kier alpha value is -2.50. The molecule has 0 aliphatic rings. The molecule has 19 heavy (non-hydrogen) atoms. The Morgan fingerprint density at radius 1 is 1.42 bits per heavy atom. The number of hydrogen-bond donors (Lipinski definition) is 1. The largest absolute Gasteiger partial charge is 0.477 e. The molecule has 0 saturated heterocycles. The molecule has 0 aliphatic heterocycles. The molecule has 98 valence electrons. The Morgan fingerprint density at radius 3 is 2.89 bits per heavy atom. The van der Waals surface area contributed by atoms with E-state index in [0.717, 1.165) is 11.8 Å². The molecule has 6 heteroatoms. The van der Waals surface area contributed by atoms with Crippen molar-refractivity contribution in [1.82, 2.24) is 9.97 Å². The van der Waals surface area contributed by atoms with E-state index in [1.165, 1.54) is 18.5 Å². The summed E-state index contributed by atoms with van der Waals surface area (Å²) in [4.78, 5) is 18.9. The van der Waals surface area contributed by atoms with E-state index in [9.17, 15) is 9.18 Å². The molecule has 5 nitrogen and oxygen atoms in total. The highest BCUT2D eigenvalue weighted by molar-refractivity contribution is 5.91. The van der Waals surface area contributed by atoms with Gasteiger partial charge in [-0.1, -0.05) is 13.0 Å². The van der Waals surface area contributed by atoms with Crippen molar-refractivity contribution in [3.63, 3.8) is 0 Å². The second kappa shape index (κ2) is 5.43. The summed E-state index contributed by atoms with van der Waals surface area (Å²) in [5, 5.41) is 8.97. The zero-order valence-electron chi connectivity index (χ0n) is 10.1. The number of aromatic carboxylic acids is 1. The molecule has 0 radical (unpaired) electrons. The van der Waals surface area contributed by atoms with Crippen molar-refractivity contribution in [2.45, 2.75) is 13.3 Å². The molecule has 1 aromatic heterocycles. The van der Waals surface area contributed by atoms with Crippen LogP contribution in [0.15, 0.2) is 30.6 Å². The summed E-state index contributed by atoms with van der Waals surface area (Å²) in [5.74, 6) is -2.15. The van der Waals surface area contributed by atoms with Crippen LogP contribution in [-0.2, 0) is 6.42 Å². The lowest BCUT2D eigenvalue weighted by molar-refractivity contribution is 0.0689. The van der Waals surface area contributed by atoms with E-state index in [1.807, 2.05) is 6.92 Å². The molecule has 0 aliphatic carbocycles. The third-order valence-corrected chi connectivity index (χ3v) is 2.46. The fourth-order valence-corrected chi connectivity index (χ4v) is 1.54. The Kier molecular flexibility index (Phi) is 3.70. The van der Waals surface area contributed by atoms with Crippen LogP contribution >= 0.6 is 0 Å². The van der Waals surface area contributed by atoms with Crippen molar-refractivity contribution in [2.75, 3.05) is 0 Å². The lowest BCUT2D eigenvalue weighted by Crippen LogP contribution is -2.04. The van der Waals surface area contributed by atoms with Crippen LogP contribution in [0.5, 0.6) is 11.6 Å². The molecular weight excluding hydrogens is 251 g/mol. The molecule has 0 amide bonds. The first-order valence-corrected chi connectivity index (χ1v) is 5.62. The smallest absolute Gasteiger partial charge is 0.342 e. The molecule has 2 rings (SSSR count). The topological polar surface area (TPSA) is 72.3 Å². The first-order chi connectivity index (χ1) is 9.11. The normalized spacial score (nSPS) is 10.2. The summed E-state index contributed by atoms with van der Waals surface area (Å²) in [6, 6.07) is 5.39. The third-order valence-electron chi connectivity index (χ3n) is 2.46. The number of rotatable bonds is 4. The quantitative estimate of drug-likeness (QED) is 0.917. The fraction of sp³-hybridized carbons (Fsp3) is 0.154. The first-order valence-electron chi connectivity index (χ1n) is 5.62. The maximum Gasteiger partial charge on any atom is 0.342 e. The minimum atomic E-state index is -1.39. The van der Waals surface area contributed by atoms with E-state index in [0.29, 0.717) is 6.42 Å². The van der Waals surface area contributed by atoms with Crippen LogP contribution in [0.25, 0.3) is 0 Å². The van der Waals surface area contributed by atoms with E-state index in [1.54, 1.807) is 6.07 Å². The maximum absolute atomic E-state index is 13.5. The minimum absolute atomic E-state index is 0.0896. The summed E-state index contributed by atoms with van der Waals surface area (Å²) in [6.45, 7) is 1.91. The standard InChI is InChI=1S/C13H11FN2O3/c1-2-8-6-11(16-7-15-8)19-10-5-3-4-9(14)12(10)13(17)18/h3-7H,2H2,1H3,(H,17,18). The van der Waals surface area contributed by atoms with Crippen molar-refractivity contribution in [3.05, 3.63) is 47.7 Å². The van der Waals surface area contributed by atoms with Crippen LogP contribution in [0.4, 0.5) is 4.39 Å². The second-order valence-corrected chi connectivity index (χ2v) is 3.72. The third kappa shape index (κ3) is 2.85. The summed E-state index contributed by atoms with van der Waals surface area (Å²) in [7, 11) is 0. The van der Waals surface area contributed by atoms with Crippen molar-refractivity contribution < 1.29 is 19.0 Å². The van der Waals surface area contributed by atoms with Crippen molar-refractivity contribution >= 4 is 5.97 Å². The van der Waals surface area contributed by atoms with Crippen LogP contribution in [0.2, 0.25) is 0 Å². The number of aromatic nitrogens is 2. The van der Waals surface area contributed by atoms with E-state index in [2.05, 4.69) is 9.97 Å². The lowest BCUT2D eigenvalue weighted by Gasteiger charge is -2.08. The van der Waals surface area contributed by atoms with Gasteiger partial charge in [0.05, 0.1) is 0 Å². The van der Waals surface area contributed by atoms with Gasteiger partial charge in [0.2, 0.25) is 5.88 Å². The zero-order valence-corrected chi connectivity index (χ0v) is 10.1. The molecule has 1 N–H and O–H groups in total.